The SMILES string of the molecule is COC(=O)C(C)OS(=O)(=O)C(C)(C)C. The van der Waals surface area contributed by atoms with Gasteiger partial charge in [0.05, 0.1) is 11.9 Å². The summed E-state index contributed by atoms with van der Waals surface area (Å²) in [6.45, 7) is 5.81. The minimum Gasteiger partial charge on any atom is -0.467 e. The monoisotopic (exact) mass is 224 g/mol. The topological polar surface area (TPSA) is 69.7 Å². The van der Waals surface area contributed by atoms with Crippen molar-refractivity contribution < 1.29 is 22.1 Å². The molecular formula is C8H16O5S. The second-order valence-electron chi connectivity index (χ2n) is 3.83. The molecule has 0 aliphatic heterocycles. The normalized spacial score (nSPS) is 14.9. The number of esters is 1. The van der Waals surface area contributed by atoms with E-state index in [1.54, 1.807) is 0 Å². The molecule has 14 heavy (non-hydrogen) atoms. The average molecular weight is 224 g/mol. The van der Waals surface area contributed by atoms with Gasteiger partial charge in [-0.2, -0.15) is 8.42 Å². The Morgan fingerprint density at radius 2 is 1.71 bits per heavy atom. The summed E-state index contributed by atoms with van der Waals surface area (Å²) >= 11 is 0. The highest BCUT2D eigenvalue weighted by Crippen LogP contribution is 2.18. The maximum atomic E-state index is 11.5. The molecule has 0 radical (unpaired) electrons. The lowest BCUT2D eigenvalue weighted by Crippen LogP contribution is -2.35. The molecule has 0 aliphatic carbocycles. The van der Waals surface area contributed by atoms with Crippen LogP contribution in [0.4, 0.5) is 0 Å². The Labute approximate surface area is 84.5 Å². The zero-order valence-electron chi connectivity index (χ0n) is 9.03. The first kappa shape index (κ1) is 13.4. The van der Waals surface area contributed by atoms with Crippen LogP contribution in [0.25, 0.3) is 0 Å². The molecule has 0 saturated carbocycles. The summed E-state index contributed by atoms with van der Waals surface area (Å²) in [7, 11) is -2.58. The molecule has 84 valence electrons. The molecule has 0 rings (SSSR count). The van der Waals surface area contributed by atoms with Crippen LogP contribution in [0, 0.1) is 0 Å². The summed E-state index contributed by atoms with van der Waals surface area (Å²) < 4.78 is 30.9. The predicted octanol–water partition coefficient (Wildman–Crippen LogP) is 0.693. The molecule has 0 aliphatic rings. The lowest BCUT2D eigenvalue weighted by atomic mass is 10.3. The molecule has 0 saturated heterocycles. The molecule has 1 atom stereocenters. The number of hydrogen-bond donors (Lipinski definition) is 0. The maximum absolute atomic E-state index is 11.5. The predicted molar refractivity (Wildman–Crippen MR) is 51.2 cm³/mol. The van der Waals surface area contributed by atoms with Crippen molar-refractivity contribution in [3.05, 3.63) is 0 Å². The number of rotatable bonds is 3. The van der Waals surface area contributed by atoms with E-state index >= 15 is 0 Å². The molecule has 0 aromatic heterocycles. The largest absolute Gasteiger partial charge is 0.467 e. The number of carbonyl (C=O) groups is 1. The van der Waals surface area contributed by atoms with Crippen molar-refractivity contribution in [3.8, 4) is 0 Å². The average Bonchev–Trinajstić information content (AvgIpc) is 2.00. The van der Waals surface area contributed by atoms with Gasteiger partial charge in [-0.15, -0.1) is 0 Å². The van der Waals surface area contributed by atoms with Gasteiger partial charge in [0.2, 0.25) is 0 Å². The Bertz CT molecular complexity index is 298. The standard InChI is InChI=1S/C8H16O5S/c1-6(7(9)12-5)13-14(10,11)8(2,3)4/h6H,1-5H3. The van der Waals surface area contributed by atoms with Crippen molar-refractivity contribution >= 4 is 16.1 Å². The minimum absolute atomic E-state index is 0.710. The molecule has 1 unspecified atom stereocenters. The van der Waals surface area contributed by atoms with Crippen molar-refractivity contribution in [1.29, 1.82) is 0 Å². The summed E-state index contributed by atoms with van der Waals surface area (Å²) in [4.78, 5) is 10.9. The van der Waals surface area contributed by atoms with E-state index in [0.29, 0.717) is 0 Å². The van der Waals surface area contributed by atoms with E-state index in [1.165, 1.54) is 34.8 Å². The number of methoxy groups -OCH3 is 1. The highest BCUT2D eigenvalue weighted by molar-refractivity contribution is 7.88. The van der Waals surface area contributed by atoms with E-state index in [2.05, 4.69) is 8.92 Å². The van der Waals surface area contributed by atoms with Gasteiger partial charge in [0.25, 0.3) is 10.1 Å². The highest BCUT2D eigenvalue weighted by atomic mass is 32.2. The van der Waals surface area contributed by atoms with Crippen molar-refractivity contribution in [2.24, 2.45) is 0 Å². The van der Waals surface area contributed by atoms with E-state index in [-0.39, 0.29) is 0 Å². The summed E-state index contributed by atoms with van der Waals surface area (Å²) in [6, 6.07) is 0. The first-order chi connectivity index (χ1) is 6.12. The Morgan fingerprint density at radius 1 is 1.29 bits per heavy atom. The Hall–Kier alpha value is -0.620. The van der Waals surface area contributed by atoms with Crippen LogP contribution in [-0.4, -0.2) is 32.3 Å². The van der Waals surface area contributed by atoms with Crippen LogP contribution in [0.5, 0.6) is 0 Å². The van der Waals surface area contributed by atoms with Crippen LogP contribution in [-0.2, 0) is 23.8 Å². The van der Waals surface area contributed by atoms with Gasteiger partial charge in [-0.3, -0.25) is 4.18 Å². The first-order valence-corrected chi connectivity index (χ1v) is 5.53. The minimum atomic E-state index is -3.75. The van der Waals surface area contributed by atoms with Crippen LogP contribution in [0.1, 0.15) is 27.7 Å². The Morgan fingerprint density at radius 3 is 2.00 bits per heavy atom. The van der Waals surface area contributed by atoms with Crippen molar-refractivity contribution in [2.75, 3.05) is 7.11 Å². The molecule has 0 aromatic carbocycles. The van der Waals surface area contributed by atoms with E-state index in [4.69, 9.17) is 0 Å². The zero-order valence-corrected chi connectivity index (χ0v) is 9.84. The van der Waals surface area contributed by atoms with Gasteiger partial charge in [0, 0.05) is 0 Å². The number of carbonyl (C=O) groups excluding carboxylic acids is 1. The fourth-order valence-electron chi connectivity index (χ4n) is 0.540. The summed E-state index contributed by atoms with van der Waals surface area (Å²) in [5, 5.41) is 0. The fourth-order valence-corrected chi connectivity index (χ4v) is 1.29. The third kappa shape index (κ3) is 3.26. The van der Waals surface area contributed by atoms with Crippen LogP contribution in [0.2, 0.25) is 0 Å². The first-order valence-electron chi connectivity index (χ1n) is 4.12. The van der Waals surface area contributed by atoms with Crippen molar-refractivity contribution in [2.45, 2.75) is 38.5 Å². The van der Waals surface area contributed by atoms with E-state index in [1.807, 2.05) is 0 Å². The lowest BCUT2D eigenvalue weighted by Gasteiger charge is -2.20. The zero-order chi connectivity index (χ0) is 11.6. The maximum Gasteiger partial charge on any atom is 0.336 e. The Balaban J connectivity index is 4.63. The molecular weight excluding hydrogens is 208 g/mol. The Kier molecular flexibility index (Phi) is 4.08. The molecule has 6 heteroatoms. The molecule has 0 spiro atoms. The number of hydrogen-bond acceptors (Lipinski definition) is 5. The molecule has 0 N–H and O–H groups in total. The second kappa shape index (κ2) is 4.27. The van der Waals surface area contributed by atoms with Crippen LogP contribution >= 0.6 is 0 Å². The third-order valence-electron chi connectivity index (χ3n) is 1.55. The van der Waals surface area contributed by atoms with Gasteiger partial charge >= 0.3 is 5.97 Å². The van der Waals surface area contributed by atoms with Crippen LogP contribution in [0.15, 0.2) is 0 Å². The molecule has 0 aromatic rings. The van der Waals surface area contributed by atoms with E-state index in [9.17, 15) is 13.2 Å². The lowest BCUT2D eigenvalue weighted by molar-refractivity contribution is -0.147. The van der Waals surface area contributed by atoms with Crippen molar-refractivity contribution in [3.63, 3.8) is 0 Å². The number of ether oxygens (including phenoxy) is 1. The van der Waals surface area contributed by atoms with Gasteiger partial charge in [-0.05, 0) is 27.7 Å². The van der Waals surface area contributed by atoms with Crippen LogP contribution in [0.3, 0.4) is 0 Å². The van der Waals surface area contributed by atoms with Crippen LogP contribution < -0.4 is 0 Å². The van der Waals surface area contributed by atoms with Gasteiger partial charge in [0.15, 0.2) is 6.10 Å². The van der Waals surface area contributed by atoms with Gasteiger partial charge in [-0.1, -0.05) is 0 Å². The molecule has 0 amide bonds. The van der Waals surface area contributed by atoms with E-state index < -0.39 is 26.9 Å². The highest BCUT2D eigenvalue weighted by Gasteiger charge is 2.33. The van der Waals surface area contributed by atoms with Gasteiger partial charge in [0.1, 0.15) is 0 Å². The van der Waals surface area contributed by atoms with Gasteiger partial charge < -0.3 is 4.74 Å². The summed E-state index contributed by atoms with van der Waals surface area (Å²) in [5.41, 5.74) is 0. The smallest absolute Gasteiger partial charge is 0.336 e. The van der Waals surface area contributed by atoms with Gasteiger partial charge in [-0.25, -0.2) is 4.79 Å². The van der Waals surface area contributed by atoms with Crippen molar-refractivity contribution in [1.82, 2.24) is 0 Å². The summed E-state index contributed by atoms with van der Waals surface area (Å²) in [6.07, 6.45) is -1.11. The second-order valence-corrected chi connectivity index (χ2v) is 6.15. The molecule has 0 heterocycles. The fraction of sp³-hybridized carbons (Fsp3) is 0.875. The molecule has 5 nitrogen and oxygen atoms in total. The molecule has 0 fully saturated rings. The summed E-state index contributed by atoms with van der Waals surface area (Å²) in [5.74, 6) is -0.710. The van der Waals surface area contributed by atoms with E-state index in [0.717, 1.165) is 0 Å². The molecule has 0 bridgehead atoms. The quantitative estimate of drug-likeness (QED) is 0.521. The third-order valence-corrected chi connectivity index (χ3v) is 3.60.